The lowest BCUT2D eigenvalue weighted by atomic mass is 10.3. The Kier molecular flexibility index (Phi) is 1.53. The fraction of sp³-hybridized carbons (Fsp3) is 1.00. The first kappa shape index (κ1) is 4.65. The van der Waals surface area contributed by atoms with Crippen LogP contribution in [0.4, 0.5) is 0 Å². The van der Waals surface area contributed by atoms with Gasteiger partial charge in [-0.3, -0.25) is 0 Å². The third-order valence-electron chi connectivity index (χ3n) is 0.671. The minimum absolute atomic E-state index is 0.231. The molecule has 0 aliphatic rings. The molecule has 0 bridgehead atoms. The Morgan fingerprint density at radius 2 is 1.83 bits per heavy atom. The SMILES string of the molecule is [2H]P(B)C(C)(C)C. The van der Waals surface area contributed by atoms with E-state index in [1.54, 1.807) is 0 Å². The van der Waals surface area contributed by atoms with Crippen molar-refractivity contribution < 1.29 is 0 Å². The number of hydrogen-bond donors (Lipinski definition) is 0. The third-order valence-corrected chi connectivity index (χ3v) is 2.01. The molecule has 0 aliphatic carbocycles. The average molecular weight is 103 g/mol. The summed E-state index contributed by atoms with van der Waals surface area (Å²) in [6.45, 7) is 6.31. The zero-order valence-electron chi connectivity index (χ0n) is 5.95. The number of rotatable bonds is 0. The van der Waals surface area contributed by atoms with Gasteiger partial charge in [0.25, 0.3) is 0 Å². The van der Waals surface area contributed by atoms with E-state index in [0.29, 0.717) is 0 Å². The quantitative estimate of drug-likeness (QED) is 0.317. The minimum Gasteiger partial charge on any atom is -0.158 e. The van der Waals surface area contributed by atoms with Crippen LogP contribution >= 0.6 is 8.40 Å². The van der Waals surface area contributed by atoms with Gasteiger partial charge in [0.2, 0.25) is 0 Å². The molecule has 1 atom stereocenters. The van der Waals surface area contributed by atoms with Crippen molar-refractivity contribution in [1.82, 2.24) is 0 Å². The van der Waals surface area contributed by atoms with Crippen LogP contribution in [0.15, 0.2) is 0 Å². The second kappa shape index (κ2) is 1.98. The van der Waals surface area contributed by atoms with E-state index in [-0.39, 0.29) is 5.16 Å². The van der Waals surface area contributed by atoms with Crippen molar-refractivity contribution in [2.45, 2.75) is 25.9 Å². The van der Waals surface area contributed by atoms with Crippen LogP contribution in [0.2, 0.25) is 0 Å². The van der Waals surface area contributed by atoms with Crippen molar-refractivity contribution in [3.63, 3.8) is 0 Å². The van der Waals surface area contributed by atoms with Gasteiger partial charge in [-0.2, -0.15) is 8.40 Å². The highest BCUT2D eigenvalue weighted by Crippen LogP contribution is 2.24. The highest BCUT2D eigenvalue weighted by Gasteiger charge is 2.02. The van der Waals surface area contributed by atoms with Crippen molar-refractivity contribution in [1.29, 1.82) is 1.28 Å². The van der Waals surface area contributed by atoms with Crippen LogP contribution in [0.1, 0.15) is 20.8 Å². The van der Waals surface area contributed by atoms with Crippen LogP contribution in [0.25, 0.3) is 0 Å². The molecule has 0 spiro atoms. The average Bonchev–Trinajstić information content (AvgIpc) is 1.31. The van der Waals surface area contributed by atoms with E-state index in [0.717, 1.165) is 0 Å². The molecule has 0 amide bonds. The molecule has 0 radical (unpaired) electrons. The van der Waals surface area contributed by atoms with E-state index < -0.39 is 8.40 Å². The highest BCUT2D eigenvalue weighted by molar-refractivity contribution is 7.67. The molecule has 0 N–H and O–H groups in total. The molecule has 0 saturated carbocycles. The van der Waals surface area contributed by atoms with E-state index in [4.69, 9.17) is 1.28 Å². The van der Waals surface area contributed by atoms with E-state index >= 15 is 0 Å². The smallest absolute Gasteiger partial charge is 0.130 e. The fourth-order valence-electron chi connectivity index (χ4n) is 0. The van der Waals surface area contributed by atoms with Crippen LogP contribution in [0.3, 0.4) is 0 Å². The summed E-state index contributed by atoms with van der Waals surface area (Å²) < 4.78 is 7.29. The highest BCUT2D eigenvalue weighted by atomic mass is 31.1. The summed E-state index contributed by atoms with van der Waals surface area (Å²) in [5, 5.41) is 0.231. The second-order valence-electron chi connectivity index (χ2n) is 2.39. The first-order chi connectivity index (χ1) is 2.94. The van der Waals surface area contributed by atoms with E-state index in [1.165, 1.54) is 0 Å². The Labute approximate surface area is 44.1 Å². The van der Waals surface area contributed by atoms with E-state index in [1.807, 2.05) is 7.57 Å². The molecular weight excluding hydrogens is 89.8 g/mol. The molecule has 0 aromatic carbocycles. The van der Waals surface area contributed by atoms with Crippen molar-refractivity contribution in [3.8, 4) is 0 Å². The van der Waals surface area contributed by atoms with Crippen molar-refractivity contribution >= 4 is 16.0 Å². The van der Waals surface area contributed by atoms with Gasteiger partial charge in [0.1, 0.15) is 7.57 Å². The first-order valence-corrected chi connectivity index (χ1v) is 3.51. The molecule has 0 saturated heterocycles. The second-order valence-corrected chi connectivity index (χ2v) is 4.18. The van der Waals surface area contributed by atoms with Gasteiger partial charge in [0.15, 0.2) is 0 Å². The maximum atomic E-state index is 7.29. The number of hydrogen-bond acceptors (Lipinski definition) is 0. The Bertz CT molecular complexity index is 57.2. The minimum atomic E-state index is -0.492. The zero-order valence-corrected chi connectivity index (χ0v) is 5.84. The van der Waals surface area contributed by atoms with Gasteiger partial charge >= 0.3 is 0 Å². The first-order valence-electron chi connectivity index (χ1n) is 2.62. The molecule has 0 aliphatic heterocycles. The molecule has 0 aromatic heterocycles. The van der Waals surface area contributed by atoms with Crippen molar-refractivity contribution in [2.24, 2.45) is 0 Å². The summed E-state index contributed by atoms with van der Waals surface area (Å²) in [5.74, 6) is 0. The van der Waals surface area contributed by atoms with Gasteiger partial charge in [-0.25, -0.2) is 0 Å². The summed E-state index contributed by atoms with van der Waals surface area (Å²) in [6.07, 6.45) is 0. The summed E-state index contributed by atoms with van der Waals surface area (Å²) in [4.78, 5) is 0. The molecule has 2 heteroatoms. The zero-order chi connectivity index (χ0) is 6.08. The molecule has 0 heterocycles. The van der Waals surface area contributed by atoms with Gasteiger partial charge in [-0.05, 0) is 5.16 Å². The lowest BCUT2D eigenvalue weighted by molar-refractivity contribution is 0.801. The van der Waals surface area contributed by atoms with Crippen molar-refractivity contribution in [2.75, 3.05) is 0 Å². The Morgan fingerprint density at radius 1 is 1.67 bits per heavy atom. The van der Waals surface area contributed by atoms with Gasteiger partial charge in [0, 0.05) is 1.28 Å². The summed E-state index contributed by atoms with van der Waals surface area (Å²) >= 11 is 0. The maximum Gasteiger partial charge on any atom is 0.130 e. The van der Waals surface area contributed by atoms with Gasteiger partial charge in [-0.1, -0.05) is 20.8 Å². The van der Waals surface area contributed by atoms with Gasteiger partial charge in [-0.15, -0.1) is 0 Å². The Morgan fingerprint density at radius 3 is 1.83 bits per heavy atom. The topological polar surface area (TPSA) is 0 Å². The molecule has 0 nitrogen and oxygen atoms in total. The molecule has 0 fully saturated rings. The van der Waals surface area contributed by atoms with Crippen LogP contribution in [-0.4, -0.2) is 14.0 Å². The summed E-state index contributed by atoms with van der Waals surface area (Å²) in [7, 11) is 1.49. The van der Waals surface area contributed by atoms with E-state index in [2.05, 4.69) is 20.8 Å². The van der Waals surface area contributed by atoms with Gasteiger partial charge in [0.05, 0.1) is 0 Å². The van der Waals surface area contributed by atoms with Crippen LogP contribution in [0, 0.1) is 0 Å². The largest absolute Gasteiger partial charge is 0.158 e. The van der Waals surface area contributed by atoms with Crippen LogP contribution in [0.5, 0.6) is 0 Å². The lowest BCUT2D eigenvalue weighted by Crippen LogP contribution is -2.02. The Balaban J connectivity index is 3.54. The summed E-state index contributed by atoms with van der Waals surface area (Å²) in [5.41, 5.74) is 0. The summed E-state index contributed by atoms with van der Waals surface area (Å²) in [6, 6.07) is 0. The van der Waals surface area contributed by atoms with E-state index in [9.17, 15) is 0 Å². The monoisotopic (exact) mass is 103 g/mol. The molecule has 36 valence electrons. The molecule has 0 aromatic rings. The molecule has 1 unspecified atom stereocenters. The molecular formula is C4H12BP. The van der Waals surface area contributed by atoms with Crippen LogP contribution in [-0.2, 0) is 0 Å². The van der Waals surface area contributed by atoms with Crippen molar-refractivity contribution in [3.05, 3.63) is 0 Å². The normalized spacial score (nSPS) is 19.5. The molecule has 6 heavy (non-hydrogen) atoms. The predicted molar refractivity (Wildman–Crippen MR) is 36.6 cm³/mol. The van der Waals surface area contributed by atoms with Gasteiger partial charge < -0.3 is 0 Å². The Hall–Kier alpha value is 0.495. The fourth-order valence-corrected chi connectivity index (χ4v) is 0. The predicted octanol–water partition coefficient (Wildman–Crippen LogP) is 1.01. The van der Waals surface area contributed by atoms with Crippen LogP contribution < -0.4 is 0 Å². The lowest BCUT2D eigenvalue weighted by Gasteiger charge is -2.13. The maximum absolute atomic E-state index is 7.29. The third kappa shape index (κ3) is 4.49. The molecule has 0 rings (SSSR count). The standard InChI is InChI=1S/C4H12BP/c1-4(2,3)6-5/h6H,5H2,1-3H3/i6D.